The second-order valence-electron chi connectivity index (χ2n) is 4.19. The topological polar surface area (TPSA) is 25.4 Å². The highest BCUT2D eigenvalue weighted by atomic mass is 79.9. The zero-order valence-electron chi connectivity index (χ0n) is 9.53. The first-order valence-corrected chi connectivity index (χ1v) is 6.50. The Morgan fingerprint density at radius 2 is 2.38 bits per heavy atom. The van der Waals surface area contributed by atoms with E-state index < -0.39 is 0 Å². The largest absolute Gasteiger partial charge is 0.376 e. The minimum atomic E-state index is 0.361. The van der Waals surface area contributed by atoms with E-state index in [0.717, 1.165) is 23.6 Å². The van der Waals surface area contributed by atoms with Crippen LogP contribution in [0.15, 0.2) is 22.8 Å². The van der Waals surface area contributed by atoms with Crippen LogP contribution in [-0.4, -0.2) is 31.3 Å². The van der Waals surface area contributed by atoms with Crippen molar-refractivity contribution in [2.45, 2.75) is 25.4 Å². The van der Waals surface area contributed by atoms with Crippen LogP contribution >= 0.6 is 15.9 Å². The summed E-state index contributed by atoms with van der Waals surface area (Å²) in [5.41, 5.74) is 0. The number of nitrogens with zero attached hydrogens (tertiary/aromatic N) is 2. The molecule has 1 aromatic rings. The minimum absolute atomic E-state index is 0.361. The number of anilines is 1. The third-order valence-electron chi connectivity index (χ3n) is 2.84. The smallest absolute Gasteiger partial charge is 0.129 e. The molecule has 0 amide bonds. The van der Waals surface area contributed by atoms with Gasteiger partial charge < -0.3 is 9.64 Å². The number of halogens is 1. The fourth-order valence-electron chi connectivity index (χ4n) is 1.96. The van der Waals surface area contributed by atoms with E-state index >= 15 is 0 Å². The number of hydrogen-bond donors (Lipinski definition) is 0. The Morgan fingerprint density at radius 3 is 3.06 bits per heavy atom. The Morgan fingerprint density at radius 1 is 1.50 bits per heavy atom. The average molecular weight is 285 g/mol. The number of aromatic nitrogens is 1. The molecule has 1 unspecified atom stereocenters. The second-order valence-corrected chi connectivity index (χ2v) is 5.00. The van der Waals surface area contributed by atoms with Crippen molar-refractivity contribution in [3.05, 3.63) is 22.8 Å². The van der Waals surface area contributed by atoms with Crippen LogP contribution in [0.1, 0.15) is 19.3 Å². The SMILES string of the molecule is CN(CC1CCCCO1)c1cccc(Br)n1. The molecule has 0 aliphatic carbocycles. The van der Waals surface area contributed by atoms with Gasteiger partial charge in [0.2, 0.25) is 0 Å². The van der Waals surface area contributed by atoms with E-state index in [2.05, 4.69) is 32.9 Å². The lowest BCUT2D eigenvalue weighted by Gasteiger charge is -2.28. The van der Waals surface area contributed by atoms with E-state index in [0.29, 0.717) is 6.10 Å². The Hall–Kier alpha value is -0.610. The molecule has 1 aliphatic heterocycles. The van der Waals surface area contributed by atoms with Crippen molar-refractivity contribution in [1.82, 2.24) is 4.98 Å². The Balaban J connectivity index is 1.94. The number of ether oxygens (including phenoxy) is 1. The molecule has 0 radical (unpaired) electrons. The molecule has 2 rings (SSSR count). The van der Waals surface area contributed by atoms with Gasteiger partial charge >= 0.3 is 0 Å². The molecule has 0 saturated carbocycles. The second kappa shape index (κ2) is 5.64. The fraction of sp³-hybridized carbons (Fsp3) is 0.583. The third kappa shape index (κ3) is 3.19. The van der Waals surface area contributed by atoms with Gasteiger partial charge in [0.05, 0.1) is 6.10 Å². The monoisotopic (exact) mass is 284 g/mol. The average Bonchev–Trinajstić information content (AvgIpc) is 2.30. The van der Waals surface area contributed by atoms with E-state index in [1.165, 1.54) is 19.3 Å². The van der Waals surface area contributed by atoms with Crippen molar-refractivity contribution in [3.63, 3.8) is 0 Å². The van der Waals surface area contributed by atoms with Crippen LogP contribution in [0.5, 0.6) is 0 Å². The third-order valence-corrected chi connectivity index (χ3v) is 3.28. The lowest BCUT2D eigenvalue weighted by Crippen LogP contribution is -2.33. The summed E-state index contributed by atoms with van der Waals surface area (Å²) in [5.74, 6) is 0.989. The van der Waals surface area contributed by atoms with E-state index in [-0.39, 0.29) is 0 Å². The van der Waals surface area contributed by atoms with Crippen molar-refractivity contribution < 1.29 is 4.74 Å². The first kappa shape index (κ1) is 11.9. The summed E-state index contributed by atoms with van der Waals surface area (Å²) >= 11 is 3.39. The van der Waals surface area contributed by atoms with Crippen LogP contribution in [0.4, 0.5) is 5.82 Å². The highest BCUT2D eigenvalue weighted by Crippen LogP contribution is 2.17. The van der Waals surface area contributed by atoms with Gasteiger partial charge in [-0.25, -0.2) is 4.98 Å². The number of pyridine rings is 1. The predicted molar refractivity (Wildman–Crippen MR) is 68.8 cm³/mol. The van der Waals surface area contributed by atoms with Gasteiger partial charge in [0.1, 0.15) is 10.4 Å². The molecule has 88 valence electrons. The zero-order valence-corrected chi connectivity index (χ0v) is 11.1. The molecule has 1 fully saturated rings. The first-order chi connectivity index (χ1) is 7.75. The molecule has 1 atom stereocenters. The number of rotatable bonds is 3. The molecular weight excluding hydrogens is 268 g/mol. The van der Waals surface area contributed by atoms with E-state index in [4.69, 9.17) is 4.74 Å². The lowest BCUT2D eigenvalue weighted by atomic mass is 10.1. The Labute approximate surface area is 105 Å². The van der Waals surface area contributed by atoms with Gasteiger partial charge in [-0.05, 0) is 47.3 Å². The van der Waals surface area contributed by atoms with Gasteiger partial charge in [-0.15, -0.1) is 0 Å². The van der Waals surface area contributed by atoms with Crippen LogP contribution in [0.3, 0.4) is 0 Å². The predicted octanol–water partition coefficient (Wildman–Crippen LogP) is 2.85. The molecule has 1 aromatic heterocycles. The van der Waals surface area contributed by atoms with Crippen LogP contribution in [0.2, 0.25) is 0 Å². The van der Waals surface area contributed by atoms with Crippen molar-refractivity contribution >= 4 is 21.7 Å². The van der Waals surface area contributed by atoms with E-state index in [9.17, 15) is 0 Å². The summed E-state index contributed by atoms with van der Waals surface area (Å²) in [7, 11) is 2.06. The van der Waals surface area contributed by atoms with Crippen molar-refractivity contribution in [2.75, 3.05) is 25.1 Å². The molecule has 3 nitrogen and oxygen atoms in total. The molecule has 0 bridgehead atoms. The van der Waals surface area contributed by atoms with Crippen LogP contribution in [0, 0.1) is 0 Å². The van der Waals surface area contributed by atoms with Crippen LogP contribution in [0.25, 0.3) is 0 Å². The number of likely N-dealkylation sites (N-methyl/N-ethyl adjacent to an activating group) is 1. The van der Waals surface area contributed by atoms with Gasteiger partial charge in [-0.1, -0.05) is 6.07 Å². The molecule has 4 heteroatoms. The van der Waals surface area contributed by atoms with Gasteiger partial charge in [0.15, 0.2) is 0 Å². The molecule has 2 heterocycles. The Kier molecular flexibility index (Phi) is 4.18. The van der Waals surface area contributed by atoms with Crippen molar-refractivity contribution in [3.8, 4) is 0 Å². The summed E-state index contributed by atoms with van der Waals surface area (Å²) in [5, 5.41) is 0. The van der Waals surface area contributed by atoms with Gasteiger partial charge in [0, 0.05) is 20.2 Å². The maximum atomic E-state index is 5.72. The summed E-state index contributed by atoms with van der Waals surface area (Å²) in [6.07, 6.45) is 4.01. The zero-order chi connectivity index (χ0) is 11.4. The lowest BCUT2D eigenvalue weighted by molar-refractivity contribution is 0.0215. The molecule has 1 saturated heterocycles. The normalized spacial score (nSPS) is 20.8. The Bertz CT molecular complexity index is 340. The fourth-order valence-corrected chi connectivity index (χ4v) is 2.29. The molecule has 16 heavy (non-hydrogen) atoms. The van der Waals surface area contributed by atoms with Crippen molar-refractivity contribution in [1.29, 1.82) is 0 Å². The molecule has 0 aromatic carbocycles. The van der Waals surface area contributed by atoms with E-state index in [1.54, 1.807) is 0 Å². The minimum Gasteiger partial charge on any atom is -0.376 e. The number of hydrogen-bond acceptors (Lipinski definition) is 3. The maximum absolute atomic E-state index is 5.72. The highest BCUT2D eigenvalue weighted by molar-refractivity contribution is 9.10. The summed E-state index contributed by atoms with van der Waals surface area (Å²) < 4.78 is 6.60. The van der Waals surface area contributed by atoms with Crippen LogP contribution in [-0.2, 0) is 4.74 Å². The van der Waals surface area contributed by atoms with Gasteiger partial charge in [-0.3, -0.25) is 0 Å². The summed E-state index contributed by atoms with van der Waals surface area (Å²) in [6.45, 7) is 1.83. The van der Waals surface area contributed by atoms with Gasteiger partial charge in [-0.2, -0.15) is 0 Å². The highest BCUT2D eigenvalue weighted by Gasteiger charge is 2.16. The molecule has 1 aliphatic rings. The molecular formula is C12H17BrN2O. The molecule has 0 spiro atoms. The van der Waals surface area contributed by atoms with Crippen molar-refractivity contribution in [2.24, 2.45) is 0 Å². The van der Waals surface area contributed by atoms with Crippen LogP contribution < -0.4 is 4.90 Å². The summed E-state index contributed by atoms with van der Waals surface area (Å²) in [4.78, 5) is 6.58. The van der Waals surface area contributed by atoms with E-state index in [1.807, 2.05) is 18.2 Å². The maximum Gasteiger partial charge on any atom is 0.129 e. The van der Waals surface area contributed by atoms with Gasteiger partial charge in [0.25, 0.3) is 0 Å². The quantitative estimate of drug-likeness (QED) is 0.798. The molecule has 0 N–H and O–H groups in total. The summed E-state index contributed by atoms with van der Waals surface area (Å²) in [6, 6.07) is 5.96. The standard InChI is InChI=1S/C12H17BrN2O/c1-15(9-10-5-2-3-8-16-10)12-7-4-6-11(13)14-12/h4,6-7,10H,2-3,5,8-9H2,1H3. The first-order valence-electron chi connectivity index (χ1n) is 5.71.